The summed E-state index contributed by atoms with van der Waals surface area (Å²) < 4.78 is 5.07. The van der Waals surface area contributed by atoms with Gasteiger partial charge >= 0.3 is 5.97 Å². The molecule has 1 aliphatic heterocycles. The average Bonchev–Trinajstić information content (AvgIpc) is 2.76. The van der Waals surface area contributed by atoms with Crippen LogP contribution >= 0.6 is 0 Å². The zero-order valence-corrected chi connectivity index (χ0v) is 12.2. The normalized spacial score (nSPS) is 18.3. The Labute approximate surface area is 123 Å². The first-order valence-corrected chi connectivity index (χ1v) is 6.79. The van der Waals surface area contributed by atoms with Gasteiger partial charge in [-0.25, -0.2) is 4.79 Å². The topological polar surface area (TPSA) is 75.6 Å². The molecule has 1 aromatic rings. The van der Waals surface area contributed by atoms with E-state index in [-0.39, 0.29) is 11.2 Å². The minimum absolute atomic E-state index is 0.115. The molecule has 0 bridgehead atoms. The molecular formula is C16H19NO4. The van der Waals surface area contributed by atoms with Crippen molar-refractivity contribution in [3.63, 3.8) is 0 Å². The fourth-order valence-corrected chi connectivity index (χ4v) is 2.22. The number of nitrogens with one attached hydrogen (secondary N) is 1. The molecular weight excluding hydrogens is 270 g/mol. The Morgan fingerprint density at radius 3 is 2.81 bits per heavy atom. The van der Waals surface area contributed by atoms with Crippen LogP contribution in [-0.4, -0.2) is 30.0 Å². The van der Waals surface area contributed by atoms with Gasteiger partial charge in [0.15, 0.2) is 12.4 Å². The largest absolute Gasteiger partial charge is 0.482 e. The molecule has 1 fully saturated rings. The highest BCUT2D eigenvalue weighted by Crippen LogP contribution is 2.29. The third-order valence-electron chi connectivity index (χ3n) is 3.25. The van der Waals surface area contributed by atoms with Crippen LogP contribution in [0.4, 0.5) is 0 Å². The highest BCUT2D eigenvalue weighted by atomic mass is 16.5. The Morgan fingerprint density at radius 1 is 1.43 bits per heavy atom. The Hall–Kier alpha value is -2.30. The van der Waals surface area contributed by atoms with Gasteiger partial charge in [-0.2, -0.15) is 0 Å². The first-order chi connectivity index (χ1) is 9.85. The molecule has 2 rings (SSSR count). The summed E-state index contributed by atoms with van der Waals surface area (Å²) in [6.45, 7) is 4.72. The summed E-state index contributed by atoms with van der Waals surface area (Å²) >= 11 is 0. The number of rotatable bonds is 5. The zero-order valence-electron chi connectivity index (χ0n) is 12.2. The van der Waals surface area contributed by atoms with Crippen LogP contribution in [0.15, 0.2) is 36.0 Å². The van der Waals surface area contributed by atoms with Crippen LogP contribution in [0.3, 0.4) is 0 Å². The third-order valence-corrected chi connectivity index (χ3v) is 3.25. The van der Waals surface area contributed by atoms with Crippen LogP contribution in [0.1, 0.15) is 30.6 Å². The van der Waals surface area contributed by atoms with Gasteiger partial charge in [-0.05, 0) is 24.0 Å². The molecule has 21 heavy (non-hydrogen) atoms. The first-order valence-electron chi connectivity index (χ1n) is 6.79. The van der Waals surface area contributed by atoms with E-state index in [1.54, 1.807) is 30.3 Å². The van der Waals surface area contributed by atoms with Gasteiger partial charge in [0.1, 0.15) is 5.75 Å². The maximum Gasteiger partial charge on any atom is 0.341 e. The van der Waals surface area contributed by atoms with E-state index in [0.717, 1.165) is 18.7 Å². The SMILES string of the molecule is CC1(C)CN/C(=C\C(=O)c2cccc(OCC(=O)O)c2)C1. The van der Waals surface area contributed by atoms with Gasteiger partial charge < -0.3 is 15.2 Å². The summed E-state index contributed by atoms with van der Waals surface area (Å²) in [6, 6.07) is 6.55. The fraction of sp³-hybridized carbons (Fsp3) is 0.375. The Kier molecular flexibility index (Phi) is 4.31. The average molecular weight is 289 g/mol. The lowest BCUT2D eigenvalue weighted by molar-refractivity contribution is -0.139. The van der Waals surface area contributed by atoms with Crippen LogP contribution in [-0.2, 0) is 4.79 Å². The second kappa shape index (κ2) is 5.99. The molecule has 2 N–H and O–H groups in total. The van der Waals surface area contributed by atoms with E-state index >= 15 is 0 Å². The summed E-state index contributed by atoms with van der Waals surface area (Å²) in [7, 11) is 0. The number of allylic oxidation sites excluding steroid dienone is 2. The second-order valence-electron chi connectivity index (χ2n) is 5.94. The standard InChI is InChI=1S/C16H19NO4/c1-16(2)8-12(17-10-16)7-14(18)11-4-3-5-13(6-11)21-9-15(19)20/h3-7,17H,8-10H2,1-2H3,(H,19,20)/b12-7-. The van der Waals surface area contributed by atoms with Crippen molar-refractivity contribution in [2.75, 3.05) is 13.2 Å². The summed E-state index contributed by atoms with van der Waals surface area (Å²) in [6.07, 6.45) is 2.44. The molecule has 5 heteroatoms. The fourth-order valence-electron chi connectivity index (χ4n) is 2.22. The molecule has 0 unspecified atom stereocenters. The molecule has 5 nitrogen and oxygen atoms in total. The Bertz CT molecular complexity index is 590. The summed E-state index contributed by atoms with van der Waals surface area (Å²) in [5, 5.41) is 11.8. The highest BCUT2D eigenvalue weighted by Gasteiger charge is 2.26. The summed E-state index contributed by atoms with van der Waals surface area (Å²) in [5.74, 6) is -0.788. The van der Waals surface area contributed by atoms with E-state index in [4.69, 9.17) is 9.84 Å². The summed E-state index contributed by atoms with van der Waals surface area (Å²) in [4.78, 5) is 22.7. The number of ketones is 1. The van der Waals surface area contributed by atoms with Gasteiger partial charge in [0.05, 0.1) is 0 Å². The molecule has 1 saturated heterocycles. The molecule has 0 atom stereocenters. The lowest BCUT2D eigenvalue weighted by atomic mass is 9.92. The molecule has 0 aliphatic carbocycles. The van der Waals surface area contributed by atoms with Crippen molar-refractivity contribution in [2.24, 2.45) is 5.41 Å². The van der Waals surface area contributed by atoms with E-state index in [0.29, 0.717) is 11.3 Å². The van der Waals surface area contributed by atoms with Gasteiger partial charge in [-0.3, -0.25) is 4.79 Å². The van der Waals surface area contributed by atoms with Crippen LogP contribution in [0.2, 0.25) is 0 Å². The van der Waals surface area contributed by atoms with Gasteiger partial charge in [-0.15, -0.1) is 0 Å². The van der Waals surface area contributed by atoms with Crippen molar-refractivity contribution in [1.82, 2.24) is 5.32 Å². The monoisotopic (exact) mass is 289 g/mol. The summed E-state index contributed by atoms with van der Waals surface area (Å²) in [5.41, 5.74) is 1.58. The van der Waals surface area contributed by atoms with Crippen molar-refractivity contribution in [3.8, 4) is 5.75 Å². The quantitative estimate of drug-likeness (QED) is 0.642. The molecule has 1 heterocycles. The van der Waals surface area contributed by atoms with E-state index in [1.165, 1.54) is 0 Å². The van der Waals surface area contributed by atoms with Gasteiger partial charge in [0, 0.05) is 23.9 Å². The van der Waals surface area contributed by atoms with E-state index in [9.17, 15) is 9.59 Å². The van der Waals surface area contributed by atoms with Crippen molar-refractivity contribution in [2.45, 2.75) is 20.3 Å². The molecule has 0 saturated carbocycles. The minimum Gasteiger partial charge on any atom is -0.482 e. The van der Waals surface area contributed by atoms with E-state index in [2.05, 4.69) is 19.2 Å². The van der Waals surface area contributed by atoms with Crippen LogP contribution in [0, 0.1) is 5.41 Å². The third kappa shape index (κ3) is 4.34. The second-order valence-corrected chi connectivity index (χ2v) is 5.94. The number of carboxylic acid groups (broad SMARTS) is 1. The lowest BCUT2D eigenvalue weighted by Crippen LogP contribution is -2.15. The first kappa shape index (κ1) is 15.1. The molecule has 1 aliphatic rings. The highest BCUT2D eigenvalue weighted by molar-refractivity contribution is 6.05. The van der Waals surface area contributed by atoms with Crippen molar-refractivity contribution in [1.29, 1.82) is 0 Å². The van der Waals surface area contributed by atoms with Crippen LogP contribution in [0.5, 0.6) is 5.75 Å². The number of carbonyl (C=O) groups excluding carboxylic acids is 1. The van der Waals surface area contributed by atoms with Crippen molar-refractivity contribution in [3.05, 3.63) is 41.6 Å². The maximum atomic E-state index is 12.2. The van der Waals surface area contributed by atoms with Crippen molar-refractivity contribution >= 4 is 11.8 Å². The maximum absolute atomic E-state index is 12.2. The smallest absolute Gasteiger partial charge is 0.341 e. The molecule has 0 spiro atoms. The van der Waals surface area contributed by atoms with Gasteiger partial charge in [-0.1, -0.05) is 26.0 Å². The van der Waals surface area contributed by atoms with E-state index in [1.807, 2.05) is 0 Å². The number of aliphatic carboxylic acids is 1. The van der Waals surface area contributed by atoms with Crippen LogP contribution in [0.25, 0.3) is 0 Å². The molecule has 0 radical (unpaired) electrons. The molecule has 0 aromatic heterocycles. The molecule has 0 amide bonds. The number of carbonyl (C=O) groups is 2. The predicted molar refractivity (Wildman–Crippen MR) is 78.4 cm³/mol. The van der Waals surface area contributed by atoms with Gasteiger partial charge in [0.2, 0.25) is 0 Å². The van der Waals surface area contributed by atoms with Crippen LogP contribution < -0.4 is 10.1 Å². The van der Waals surface area contributed by atoms with Crippen molar-refractivity contribution < 1.29 is 19.4 Å². The molecule has 1 aromatic carbocycles. The number of hydrogen-bond acceptors (Lipinski definition) is 4. The Balaban J connectivity index is 2.08. The zero-order chi connectivity index (χ0) is 15.5. The number of carboxylic acids is 1. The van der Waals surface area contributed by atoms with Gasteiger partial charge in [0.25, 0.3) is 0 Å². The predicted octanol–water partition coefficient (Wildman–Crippen LogP) is 2.24. The number of hydrogen-bond donors (Lipinski definition) is 2. The number of benzene rings is 1. The van der Waals surface area contributed by atoms with E-state index < -0.39 is 12.6 Å². The lowest BCUT2D eigenvalue weighted by Gasteiger charge is -2.12. The minimum atomic E-state index is -1.05. The number of ether oxygens (including phenoxy) is 1. The molecule has 112 valence electrons. The Morgan fingerprint density at radius 2 is 2.19 bits per heavy atom.